The van der Waals surface area contributed by atoms with Crippen LogP contribution in [-0.4, -0.2) is 5.88 Å². The van der Waals surface area contributed by atoms with Crippen molar-refractivity contribution in [1.82, 2.24) is 0 Å². The van der Waals surface area contributed by atoms with Gasteiger partial charge in [-0.1, -0.05) is 11.6 Å². The highest BCUT2D eigenvalue weighted by Crippen LogP contribution is 1.96. The number of allylic oxidation sites excluding steroid dienone is 2. The van der Waals surface area contributed by atoms with E-state index in [2.05, 4.69) is 0 Å². The second-order valence-corrected chi connectivity index (χ2v) is 1.53. The average molecular weight is 136 g/mol. The van der Waals surface area contributed by atoms with Gasteiger partial charge < -0.3 is 0 Å². The molecule has 0 radical (unpaired) electrons. The Morgan fingerprint density at radius 3 is 2.57 bits per heavy atom. The van der Waals surface area contributed by atoms with Gasteiger partial charge in [-0.05, 0) is 6.08 Å². The molecule has 38 valence electrons. The molecule has 0 aromatic rings. The molecule has 0 rings (SSSR count). The first-order chi connectivity index (χ1) is 3.31. The molecule has 0 N–H and O–H groups in total. The summed E-state index contributed by atoms with van der Waals surface area (Å²) in [5.41, 5.74) is 0. The molecule has 7 heavy (non-hydrogen) atoms. The maximum Gasteiger partial charge on any atom is 0.115 e. The molecular formula is C4H3Cl2N. The maximum absolute atomic E-state index is 7.96. The van der Waals surface area contributed by atoms with Gasteiger partial charge in [0.05, 0.1) is 0 Å². The first-order valence-corrected chi connectivity index (χ1v) is 2.54. The minimum Gasteiger partial charge on any atom is -0.191 e. The highest BCUT2D eigenvalue weighted by atomic mass is 35.5. The third kappa shape index (κ3) is 3.65. The maximum atomic E-state index is 7.96. The largest absolute Gasteiger partial charge is 0.191 e. The third-order valence-corrected chi connectivity index (χ3v) is 0.756. The molecule has 0 aromatic carbocycles. The third-order valence-electron chi connectivity index (χ3n) is 0.363. The number of nitriles is 1. The quantitative estimate of drug-likeness (QED) is 0.398. The molecule has 0 amide bonds. The molecule has 0 atom stereocenters. The van der Waals surface area contributed by atoms with Gasteiger partial charge in [-0.3, -0.25) is 0 Å². The van der Waals surface area contributed by atoms with Crippen molar-refractivity contribution >= 4 is 23.2 Å². The summed E-state index contributed by atoms with van der Waals surface area (Å²) in [6, 6.07) is 1.71. The normalized spacial score (nSPS) is 10.7. The van der Waals surface area contributed by atoms with Crippen LogP contribution < -0.4 is 0 Å². The van der Waals surface area contributed by atoms with Crippen LogP contribution in [0.2, 0.25) is 0 Å². The summed E-state index contributed by atoms with van der Waals surface area (Å²) in [5, 5.41) is 8.11. The topological polar surface area (TPSA) is 23.8 Å². The van der Waals surface area contributed by atoms with E-state index in [1.807, 2.05) is 0 Å². The van der Waals surface area contributed by atoms with Gasteiger partial charge in [0.2, 0.25) is 0 Å². The van der Waals surface area contributed by atoms with E-state index < -0.39 is 0 Å². The van der Waals surface area contributed by atoms with E-state index in [9.17, 15) is 0 Å². The van der Waals surface area contributed by atoms with Crippen LogP contribution in [0.4, 0.5) is 0 Å². The second-order valence-electron chi connectivity index (χ2n) is 0.818. The van der Waals surface area contributed by atoms with Crippen molar-refractivity contribution in [3.05, 3.63) is 11.1 Å². The van der Waals surface area contributed by atoms with Gasteiger partial charge in [-0.2, -0.15) is 5.26 Å². The average Bonchev–Trinajstić information content (AvgIpc) is 1.68. The van der Waals surface area contributed by atoms with E-state index in [4.69, 9.17) is 28.5 Å². The van der Waals surface area contributed by atoms with Crippen LogP contribution >= 0.6 is 23.2 Å². The van der Waals surface area contributed by atoms with Crippen molar-refractivity contribution in [1.29, 1.82) is 5.26 Å². The summed E-state index contributed by atoms with van der Waals surface area (Å²) < 4.78 is 0. The summed E-state index contributed by atoms with van der Waals surface area (Å²) >= 11 is 10.3. The highest BCUT2D eigenvalue weighted by Gasteiger charge is 1.80. The predicted molar refractivity (Wildman–Crippen MR) is 30.3 cm³/mol. The predicted octanol–water partition coefficient (Wildman–Crippen LogP) is 1.87. The van der Waals surface area contributed by atoms with Crippen LogP contribution in [0.15, 0.2) is 11.1 Å². The highest BCUT2D eigenvalue weighted by molar-refractivity contribution is 6.32. The summed E-state index contributed by atoms with van der Waals surface area (Å²) in [6.45, 7) is 0. The molecule has 0 unspecified atom stereocenters. The van der Waals surface area contributed by atoms with Crippen LogP contribution in [0.5, 0.6) is 0 Å². The molecule has 0 fully saturated rings. The van der Waals surface area contributed by atoms with Crippen LogP contribution in [-0.2, 0) is 0 Å². The Morgan fingerprint density at radius 1 is 1.86 bits per heavy atom. The number of alkyl halides is 1. The first-order valence-electron chi connectivity index (χ1n) is 1.63. The number of hydrogen-bond acceptors (Lipinski definition) is 1. The fourth-order valence-corrected chi connectivity index (χ4v) is 0.424. The van der Waals surface area contributed by atoms with Crippen LogP contribution in [0.3, 0.4) is 0 Å². The molecular weight excluding hydrogens is 133 g/mol. The molecule has 0 aromatic heterocycles. The number of halogens is 2. The number of hydrogen-bond donors (Lipinski definition) is 0. The zero-order valence-corrected chi connectivity index (χ0v) is 5.00. The molecule has 1 nitrogen and oxygen atoms in total. The lowest BCUT2D eigenvalue weighted by Crippen LogP contribution is -1.63. The molecule has 0 heterocycles. The Morgan fingerprint density at radius 2 is 2.43 bits per heavy atom. The van der Waals surface area contributed by atoms with E-state index >= 15 is 0 Å². The molecule has 0 saturated heterocycles. The summed E-state index contributed by atoms with van der Waals surface area (Å²) in [4.78, 5) is 0. The van der Waals surface area contributed by atoms with Gasteiger partial charge in [0.25, 0.3) is 0 Å². The van der Waals surface area contributed by atoms with E-state index in [0.29, 0.717) is 5.88 Å². The summed E-state index contributed by atoms with van der Waals surface area (Å²) in [7, 11) is 0. The van der Waals surface area contributed by atoms with Gasteiger partial charge in [0.1, 0.15) is 11.1 Å². The van der Waals surface area contributed by atoms with E-state index in [-0.39, 0.29) is 5.03 Å². The van der Waals surface area contributed by atoms with Gasteiger partial charge in [-0.25, -0.2) is 0 Å². The van der Waals surface area contributed by atoms with Crippen molar-refractivity contribution in [2.45, 2.75) is 0 Å². The summed E-state index contributed by atoms with van der Waals surface area (Å²) in [6.07, 6.45) is 1.43. The standard InChI is InChI=1S/C4H3Cl2N/c5-2-1-4(6)3-7/h1H,2H2/b4-1+. The Labute approximate surface area is 52.1 Å². The molecule has 0 aliphatic carbocycles. The second kappa shape index (κ2) is 3.98. The molecule has 0 aliphatic rings. The Bertz CT molecular complexity index is 111. The Balaban J connectivity index is 3.57. The fraction of sp³-hybridized carbons (Fsp3) is 0.250. The van der Waals surface area contributed by atoms with Crippen LogP contribution in [0.1, 0.15) is 0 Å². The lowest BCUT2D eigenvalue weighted by molar-refractivity contribution is 1.52. The minimum absolute atomic E-state index is 0.148. The number of nitrogens with zero attached hydrogens (tertiary/aromatic N) is 1. The zero-order valence-electron chi connectivity index (χ0n) is 3.49. The summed E-state index contributed by atoms with van der Waals surface area (Å²) in [5.74, 6) is 0.298. The SMILES string of the molecule is N#C/C(Cl)=C\CCl. The Hall–Kier alpha value is -0.190. The minimum atomic E-state index is 0.148. The van der Waals surface area contributed by atoms with E-state index in [1.165, 1.54) is 6.08 Å². The van der Waals surface area contributed by atoms with Gasteiger partial charge in [-0.15, -0.1) is 11.6 Å². The first kappa shape index (κ1) is 6.81. The lowest BCUT2D eigenvalue weighted by Gasteiger charge is -1.72. The van der Waals surface area contributed by atoms with Gasteiger partial charge in [0.15, 0.2) is 0 Å². The van der Waals surface area contributed by atoms with Crippen LogP contribution in [0.25, 0.3) is 0 Å². The number of rotatable bonds is 1. The lowest BCUT2D eigenvalue weighted by atomic mass is 10.6. The molecule has 0 saturated carbocycles. The van der Waals surface area contributed by atoms with Crippen molar-refractivity contribution in [3.8, 4) is 6.07 Å². The van der Waals surface area contributed by atoms with Crippen molar-refractivity contribution < 1.29 is 0 Å². The van der Waals surface area contributed by atoms with Crippen molar-refractivity contribution in [3.63, 3.8) is 0 Å². The Kier molecular flexibility index (Phi) is 3.87. The fourth-order valence-electron chi connectivity index (χ4n) is 0.113. The molecule has 0 spiro atoms. The molecule has 0 bridgehead atoms. The van der Waals surface area contributed by atoms with Gasteiger partial charge in [0, 0.05) is 5.88 Å². The van der Waals surface area contributed by atoms with E-state index in [1.54, 1.807) is 6.07 Å². The molecule has 3 heteroatoms. The molecule has 0 aliphatic heterocycles. The van der Waals surface area contributed by atoms with Gasteiger partial charge >= 0.3 is 0 Å². The van der Waals surface area contributed by atoms with Crippen molar-refractivity contribution in [2.24, 2.45) is 0 Å². The van der Waals surface area contributed by atoms with E-state index in [0.717, 1.165) is 0 Å². The smallest absolute Gasteiger partial charge is 0.115 e. The van der Waals surface area contributed by atoms with Crippen LogP contribution in [0, 0.1) is 11.3 Å². The monoisotopic (exact) mass is 135 g/mol. The van der Waals surface area contributed by atoms with Crippen molar-refractivity contribution in [2.75, 3.05) is 5.88 Å². The zero-order chi connectivity index (χ0) is 5.70.